The molecule has 98 valence electrons. The fraction of sp³-hybridized carbons (Fsp3) is 0.462. The fourth-order valence-electron chi connectivity index (χ4n) is 1.74. The Morgan fingerprint density at radius 3 is 2.44 bits per heavy atom. The van der Waals surface area contributed by atoms with Gasteiger partial charge in [0.25, 0.3) is 0 Å². The molecular formula is C13H18N2O3. The fourth-order valence-corrected chi connectivity index (χ4v) is 1.74. The van der Waals surface area contributed by atoms with Crippen LogP contribution < -0.4 is 4.74 Å². The second kappa shape index (κ2) is 7.67. The largest absolute Gasteiger partial charge is 0.496 e. The maximum Gasteiger partial charge on any atom is 0.124 e. The van der Waals surface area contributed by atoms with Crippen LogP contribution in [0.1, 0.15) is 11.1 Å². The van der Waals surface area contributed by atoms with Gasteiger partial charge in [0.2, 0.25) is 0 Å². The molecular weight excluding hydrogens is 232 g/mol. The summed E-state index contributed by atoms with van der Waals surface area (Å²) in [7, 11) is 1.56. The first-order valence-electron chi connectivity index (χ1n) is 5.76. The Bertz CT molecular complexity index is 409. The van der Waals surface area contributed by atoms with Gasteiger partial charge in [0, 0.05) is 25.2 Å². The lowest BCUT2D eigenvalue weighted by molar-refractivity contribution is 0.155. The number of rotatable bonds is 7. The molecule has 5 heteroatoms. The van der Waals surface area contributed by atoms with Gasteiger partial charge in [-0.1, -0.05) is 6.07 Å². The highest BCUT2D eigenvalue weighted by Crippen LogP contribution is 2.21. The van der Waals surface area contributed by atoms with Gasteiger partial charge >= 0.3 is 0 Å². The molecule has 0 saturated heterocycles. The van der Waals surface area contributed by atoms with E-state index in [1.165, 1.54) is 0 Å². The van der Waals surface area contributed by atoms with Crippen molar-refractivity contribution < 1.29 is 14.9 Å². The van der Waals surface area contributed by atoms with Crippen LogP contribution in [0, 0.1) is 11.3 Å². The molecule has 0 aliphatic carbocycles. The zero-order chi connectivity index (χ0) is 13.4. The smallest absolute Gasteiger partial charge is 0.124 e. The highest BCUT2D eigenvalue weighted by molar-refractivity contribution is 5.42. The first kappa shape index (κ1) is 14.5. The maximum absolute atomic E-state index is 8.95. The molecule has 0 atom stereocenters. The van der Waals surface area contributed by atoms with Crippen molar-refractivity contribution in [1.82, 2.24) is 4.90 Å². The van der Waals surface area contributed by atoms with Crippen LogP contribution in [0.15, 0.2) is 18.2 Å². The molecule has 1 aromatic carbocycles. The molecule has 0 heterocycles. The molecule has 1 aromatic rings. The third kappa shape index (κ3) is 4.00. The summed E-state index contributed by atoms with van der Waals surface area (Å²) in [4.78, 5) is 1.92. The van der Waals surface area contributed by atoms with Crippen LogP contribution >= 0.6 is 0 Å². The molecule has 0 radical (unpaired) electrons. The van der Waals surface area contributed by atoms with Crippen molar-refractivity contribution in [2.24, 2.45) is 0 Å². The van der Waals surface area contributed by atoms with Crippen LogP contribution in [0.25, 0.3) is 0 Å². The van der Waals surface area contributed by atoms with Crippen molar-refractivity contribution in [2.45, 2.75) is 6.54 Å². The molecule has 0 aliphatic rings. The average molecular weight is 250 g/mol. The number of hydrogen-bond acceptors (Lipinski definition) is 5. The Morgan fingerprint density at radius 2 is 1.94 bits per heavy atom. The minimum atomic E-state index is 0.0403. The summed E-state index contributed by atoms with van der Waals surface area (Å²) in [6, 6.07) is 7.31. The number of nitrogens with zero attached hydrogens (tertiary/aromatic N) is 2. The van der Waals surface area contributed by atoms with Crippen LogP contribution in [0.4, 0.5) is 0 Å². The molecule has 0 bridgehead atoms. The standard InChI is InChI=1S/C13H18N2O3/c1-18-13-8-11(9-14)2-3-12(13)10-15(4-6-16)5-7-17/h2-3,8,16-17H,4-7,10H2,1H3. The topological polar surface area (TPSA) is 76.7 Å². The first-order chi connectivity index (χ1) is 8.74. The second-order valence-corrected chi connectivity index (χ2v) is 3.86. The van der Waals surface area contributed by atoms with E-state index in [-0.39, 0.29) is 13.2 Å². The quantitative estimate of drug-likeness (QED) is 0.730. The zero-order valence-electron chi connectivity index (χ0n) is 10.5. The number of benzene rings is 1. The van der Waals surface area contributed by atoms with Crippen LogP contribution in [0.5, 0.6) is 5.75 Å². The summed E-state index contributed by atoms with van der Waals surface area (Å²) in [5, 5.41) is 26.7. The molecule has 0 spiro atoms. The molecule has 0 unspecified atom stereocenters. The van der Waals surface area contributed by atoms with Gasteiger partial charge in [-0.3, -0.25) is 4.90 Å². The molecule has 18 heavy (non-hydrogen) atoms. The van der Waals surface area contributed by atoms with E-state index in [0.29, 0.717) is 30.9 Å². The molecule has 0 aliphatic heterocycles. The Kier molecular flexibility index (Phi) is 6.15. The van der Waals surface area contributed by atoms with E-state index in [9.17, 15) is 0 Å². The molecule has 0 amide bonds. The van der Waals surface area contributed by atoms with Crippen molar-refractivity contribution in [3.05, 3.63) is 29.3 Å². The molecule has 5 nitrogen and oxygen atoms in total. The van der Waals surface area contributed by atoms with Crippen molar-refractivity contribution in [1.29, 1.82) is 5.26 Å². The number of aliphatic hydroxyl groups excluding tert-OH is 2. The predicted molar refractivity (Wildman–Crippen MR) is 67.2 cm³/mol. The third-order valence-electron chi connectivity index (χ3n) is 2.64. The minimum absolute atomic E-state index is 0.0403. The number of hydrogen-bond donors (Lipinski definition) is 2. The Morgan fingerprint density at radius 1 is 1.28 bits per heavy atom. The van der Waals surface area contributed by atoms with Crippen molar-refractivity contribution in [2.75, 3.05) is 33.4 Å². The third-order valence-corrected chi connectivity index (χ3v) is 2.64. The average Bonchev–Trinajstić information content (AvgIpc) is 2.39. The van der Waals surface area contributed by atoms with Crippen molar-refractivity contribution >= 4 is 0 Å². The van der Waals surface area contributed by atoms with Gasteiger partial charge in [-0.25, -0.2) is 0 Å². The van der Waals surface area contributed by atoms with Crippen LogP contribution in [-0.2, 0) is 6.54 Å². The summed E-state index contributed by atoms with van der Waals surface area (Å²) in [5.74, 6) is 0.648. The number of methoxy groups -OCH3 is 1. The van der Waals surface area contributed by atoms with Crippen LogP contribution in [0.2, 0.25) is 0 Å². The molecule has 0 fully saturated rings. The second-order valence-electron chi connectivity index (χ2n) is 3.86. The Balaban J connectivity index is 2.84. The van der Waals surface area contributed by atoms with Gasteiger partial charge in [0.15, 0.2) is 0 Å². The number of aliphatic hydroxyl groups is 2. The normalized spacial score (nSPS) is 10.4. The summed E-state index contributed by atoms with van der Waals surface area (Å²) >= 11 is 0. The SMILES string of the molecule is COc1cc(C#N)ccc1CN(CCO)CCO. The van der Waals surface area contributed by atoms with E-state index in [4.69, 9.17) is 20.2 Å². The van der Waals surface area contributed by atoms with E-state index < -0.39 is 0 Å². The Hall–Kier alpha value is -1.61. The van der Waals surface area contributed by atoms with Crippen LogP contribution in [-0.4, -0.2) is 48.5 Å². The highest BCUT2D eigenvalue weighted by atomic mass is 16.5. The molecule has 1 rings (SSSR count). The van der Waals surface area contributed by atoms with Gasteiger partial charge in [-0.2, -0.15) is 5.26 Å². The van der Waals surface area contributed by atoms with Crippen LogP contribution in [0.3, 0.4) is 0 Å². The molecule has 0 saturated carbocycles. The number of ether oxygens (including phenoxy) is 1. The monoisotopic (exact) mass is 250 g/mol. The first-order valence-corrected chi connectivity index (χ1v) is 5.76. The summed E-state index contributed by atoms with van der Waals surface area (Å²) in [5.41, 5.74) is 1.48. The summed E-state index contributed by atoms with van der Waals surface area (Å²) in [6.45, 7) is 1.63. The Labute approximate surface area is 107 Å². The molecule has 2 N–H and O–H groups in total. The van der Waals surface area contributed by atoms with Gasteiger partial charge in [0.1, 0.15) is 5.75 Å². The summed E-state index contributed by atoms with van der Waals surface area (Å²) in [6.07, 6.45) is 0. The van der Waals surface area contributed by atoms with Crippen molar-refractivity contribution in [3.8, 4) is 11.8 Å². The van der Waals surface area contributed by atoms with Gasteiger partial charge in [-0.05, 0) is 12.1 Å². The van der Waals surface area contributed by atoms with Crippen molar-refractivity contribution in [3.63, 3.8) is 0 Å². The maximum atomic E-state index is 8.95. The van der Waals surface area contributed by atoms with E-state index in [0.717, 1.165) is 5.56 Å². The lowest BCUT2D eigenvalue weighted by Crippen LogP contribution is -2.29. The lowest BCUT2D eigenvalue weighted by Gasteiger charge is -2.21. The van der Waals surface area contributed by atoms with Gasteiger partial charge in [0.05, 0.1) is 32.0 Å². The van der Waals surface area contributed by atoms with Gasteiger partial charge in [-0.15, -0.1) is 0 Å². The molecule has 0 aromatic heterocycles. The lowest BCUT2D eigenvalue weighted by atomic mass is 10.1. The summed E-state index contributed by atoms with van der Waals surface area (Å²) < 4.78 is 5.24. The minimum Gasteiger partial charge on any atom is -0.496 e. The highest BCUT2D eigenvalue weighted by Gasteiger charge is 2.10. The van der Waals surface area contributed by atoms with Gasteiger partial charge < -0.3 is 14.9 Å². The zero-order valence-corrected chi connectivity index (χ0v) is 10.5. The van der Waals surface area contributed by atoms with E-state index >= 15 is 0 Å². The van der Waals surface area contributed by atoms with E-state index in [1.54, 1.807) is 19.2 Å². The van der Waals surface area contributed by atoms with E-state index in [1.807, 2.05) is 11.0 Å². The van der Waals surface area contributed by atoms with E-state index in [2.05, 4.69) is 6.07 Å². The predicted octanol–water partition coefficient (Wildman–Crippen LogP) is 0.353. The number of nitriles is 1.